The molecule has 0 aliphatic carbocycles. The lowest BCUT2D eigenvalue weighted by Crippen LogP contribution is -2.48. The third-order valence-electron chi connectivity index (χ3n) is 7.30. The number of nitrogens with zero attached hydrogens (tertiary/aromatic N) is 1. The maximum Gasteiger partial charge on any atom is 0.342 e. The lowest BCUT2D eigenvalue weighted by Gasteiger charge is -2.39. The first kappa shape index (κ1) is 31.2. The van der Waals surface area contributed by atoms with E-state index >= 15 is 4.39 Å². The second kappa shape index (κ2) is 13.2. The molecule has 0 bridgehead atoms. The van der Waals surface area contributed by atoms with Crippen LogP contribution < -0.4 is 0 Å². The van der Waals surface area contributed by atoms with Gasteiger partial charge in [0.15, 0.2) is 8.32 Å². The van der Waals surface area contributed by atoms with E-state index in [0.29, 0.717) is 26.0 Å². The van der Waals surface area contributed by atoms with Crippen LogP contribution in [-0.2, 0) is 20.5 Å². The zero-order valence-electron chi connectivity index (χ0n) is 24.4. The van der Waals surface area contributed by atoms with Gasteiger partial charge in [-0.05, 0) is 69.8 Å². The number of hydrogen-bond donors (Lipinski definition) is 0. The maximum atomic E-state index is 16.1. The highest BCUT2D eigenvalue weighted by atomic mass is 28.4. The van der Waals surface area contributed by atoms with Crippen molar-refractivity contribution in [3.8, 4) is 0 Å². The number of rotatable bonds is 12. The molecule has 0 aromatic heterocycles. The predicted octanol–water partition coefficient (Wildman–Crippen LogP) is 8.10. The van der Waals surface area contributed by atoms with Gasteiger partial charge in [0.25, 0.3) is 0 Å². The van der Waals surface area contributed by atoms with Crippen molar-refractivity contribution in [3.63, 3.8) is 0 Å². The number of ether oxygens (including phenoxy) is 1. The highest BCUT2D eigenvalue weighted by Crippen LogP contribution is 2.37. The van der Waals surface area contributed by atoms with Gasteiger partial charge in [0.1, 0.15) is 5.60 Å². The number of benzene rings is 2. The predicted molar refractivity (Wildman–Crippen MR) is 154 cm³/mol. The Morgan fingerprint density at radius 2 is 1.49 bits per heavy atom. The molecule has 0 fully saturated rings. The van der Waals surface area contributed by atoms with Crippen LogP contribution in [0.3, 0.4) is 0 Å². The molecule has 0 saturated carbocycles. The zero-order valence-corrected chi connectivity index (χ0v) is 25.4. The molecule has 206 valence electrons. The van der Waals surface area contributed by atoms with Gasteiger partial charge in [0, 0.05) is 19.2 Å². The Labute approximate surface area is 225 Å². The first-order valence-electron chi connectivity index (χ1n) is 13.5. The van der Waals surface area contributed by atoms with Crippen LogP contribution in [-0.4, -0.2) is 43.6 Å². The molecular formula is C31H48FNO3Si. The summed E-state index contributed by atoms with van der Waals surface area (Å²) in [7, 11) is -1.92. The molecule has 1 unspecified atom stereocenters. The van der Waals surface area contributed by atoms with Crippen molar-refractivity contribution in [2.45, 2.75) is 110 Å². The average Bonchev–Trinajstić information content (AvgIpc) is 2.81. The third kappa shape index (κ3) is 9.66. The number of alkyl halides is 1. The summed E-state index contributed by atoms with van der Waals surface area (Å²) in [5, 5.41) is 0.104. The van der Waals surface area contributed by atoms with E-state index < -0.39 is 32.1 Å². The van der Waals surface area contributed by atoms with Crippen molar-refractivity contribution in [1.82, 2.24) is 4.90 Å². The van der Waals surface area contributed by atoms with Crippen molar-refractivity contribution in [3.05, 3.63) is 71.8 Å². The van der Waals surface area contributed by atoms with Crippen LogP contribution in [0, 0.1) is 0 Å². The zero-order chi connectivity index (χ0) is 27.9. The summed E-state index contributed by atoms with van der Waals surface area (Å²) in [6.07, 6.45) is -0.631. The molecule has 0 aliphatic heterocycles. The standard InChI is InChI=1S/C31H48FNO3Si/c1-24(26-19-14-11-15-20-26)33(23-25-17-12-10-13-18-25)27(28(32)29(34)36-30(2,3)4)21-16-22-35-37(8,9)31(5,6)7/h10-15,17-20,24,27-28H,16,21-23H2,1-9H3/t24-,27?,28-/m0/s1. The number of carbonyl (C=O) groups excluding carboxylic acids is 1. The van der Waals surface area contributed by atoms with E-state index in [-0.39, 0.29) is 11.1 Å². The molecule has 0 saturated heterocycles. The SMILES string of the molecule is C[C@@H](c1ccccc1)N(Cc1ccccc1)C(CCCO[Si](C)(C)C(C)(C)C)[C@H](F)C(=O)OC(C)(C)C. The lowest BCUT2D eigenvalue weighted by molar-refractivity contribution is -0.164. The third-order valence-corrected chi connectivity index (χ3v) is 11.8. The summed E-state index contributed by atoms with van der Waals surface area (Å²) in [6.45, 7) is 19.6. The highest BCUT2D eigenvalue weighted by Gasteiger charge is 2.39. The summed E-state index contributed by atoms with van der Waals surface area (Å²) in [4.78, 5) is 15.1. The van der Waals surface area contributed by atoms with E-state index in [0.717, 1.165) is 11.1 Å². The van der Waals surface area contributed by atoms with Gasteiger partial charge in [-0.15, -0.1) is 0 Å². The molecule has 0 radical (unpaired) electrons. The van der Waals surface area contributed by atoms with Crippen LogP contribution in [0.15, 0.2) is 60.7 Å². The molecule has 0 spiro atoms. The summed E-state index contributed by atoms with van der Waals surface area (Å²) in [5.74, 6) is -0.805. The molecule has 6 heteroatoms. The fraction of sp³-hybridized carbons (Fsp3) is 0.581. The van der Waals surface area contributed by atoms with Crippen LogP contribution >= 0.6 is 0 Å². The molecular weight excluding hydrogens is 481 g/mol. The Bertz CT molecular complexity index is 954. The van der Waals surface area contributed by atoms with E-state index in [1.54, 1.807) is 20.8 Å². The van der Waals surface area contributed by atoms with Gasteiger partial charge in [0.2, 0.25) is 6.17 Å². The van der Waals surface area contributed by atoms with Crippen LogP contribution in [0.4, 0.5) is 4.39 Å². The smallest absolute Gasteiger partial charge is 0.342 e. The Balaban J connectivity index is 2.36. The molecule has 0 aliphatic rings. The monoisotopic (exact) mass is 529 g/mol. The van der Waals surface area contributed by atoms with Crippen molar-refractivity contribution < 1.29 is 18.3 Å². The second-order valence-electron chi connectivity index (χ2n) is 12.5. The fourth-order valence-electron chi connectivity index (χ4n) is 4.09. The number of halogens is 1. The van der Waals surface area contributed by atoms with Crippen LogP contribution in [0.5, 0.6) is 0 Å². The Hall–Kier alpha value is -2.02. The topological polar surface area (TPSA) is 38.8 Å². The van der Waals surface area contributed by atoms with Gasteiger partial charge >= 0.3 is 5.97 Å². The average molecular weight is 530 g/mol. The van der Waals surface area contributed by atoms with Crippen molar-refractivity contribution in [1.29, 1.82) is 0 Å². The molecule has 2 rings (SSSR count). The molecule has 2 aromatic carbocycles. The van der Waals surface area contributed by atoms with E-state index in [2.05, 4.69) is 57.8 Å². The minimum Gasteiger partial charge on any atom is -0.458 e. The largest absolute Gasteiger partial charge is 0.458 e. The van der Waals surface area contributed by atoms with E-state index in [4.69, 9.17) is 9.16 Å². The van der Waals surface area contributed by atoms with Crippen LogP contribution in [0.25, 0.3) is 0 Å². The van der Waals surface area contributed by atoms with Crippen LogP contribution in [0.1, 0.15) is 78.5 Å². The number of carbonyl (C=O) groups is 1. The summed E-state index contributed by atoms with van der Waals surface area (Å²) < 4.78 is 28.0. The summed E-state index contributed by atoms with van der Waals surface area (Å²) in [5.41, 5.74) is 1.40. The van der Waals surface area contributed by atoms with Gasteiger partial charge in [-0.3, -0.25) is 4.90 Å². The van der Waals surface area contributed by atoms with Crippen LogP contribution in [0.2, 0.25) is 18.1 Å². The molecule has 0 N–H and O–H groups in total. The van der Waals surface area contributed by atoms with Gasteiger partial charge in [-0.25, -0.2) is 9.18 Å². The van der Waals surface area contributed by atoms with E-state index in [1.807, 2.05) is 48.5 Å². The van der Waals surface area contributed by atoms with E-state index in [1.165, 1.54) is 0 Å². The number of esters is 1. The highest BCUT2D eigenvalue weighted by molar-refractivity contribution is 6.74. The molecule has 37 heavy (non-hydrogen) atoms. The Morgan fingerprint density at radius 1 is 0.946 bits per heavy atom. The minimum absolute atomic E-state index is 0.103. The van der Waals surface area contributed by atoms with Gasteiger partial charge in [-0.2, -0.15) is 0 Å². The minimum atomic E-state index is -1.92. The first-order chi connectivity index (χ1) is 17.1. The Kier molecular flexibility index (Phi) is 11.1. The molecule has 0 amide bonds. The van der Waals surface area contributed by atoms with Crippen molar-refractivity contribution in [2.24, 2.45) is 0 Å². The summed E-state index contributed by atoms with van der Waals surface area (Å²) >= 11 is 0. The van der Waals surface area contributed by atoms with E-state index in [9.17, 15) is 4.79 Å². The van der Waals surface area contributed by atoms with Gasteiger partial charge in [-0.1, -0.05) is 81.4 Å². The summed E-state index contributed by atoms with van der Waals surface area (Å²) in [6, 6.07) is 19.4. The molecule has 4 nitrogen and oxygen atoms in total. The Morgan fingerprint density at radius 3 is 2.00 bits per heavy atom. The lowest BCUT2D eigenvalue weighted by atomic mass is 9.97. The quantitative estimate of drug-likeness (QED) is 0.158. The molecule has 0 heterocycles. The number of hydrogen-bond acceptors (Lipinski definition) is 4. The first-order valence-corrected chi connectivity index (χ1v) is 16.4. The fourth-order valence-corrected chi connectivity index (χ4v) is 5.18. The van der Waals surface area contributed by atoms with Crippen molar-refractivity contribution >= 4 is 14.3 Å². The van der Waals surface area contributed by atoms with Gasteiger partial charge < -0.3 is 9.16 Å². The maximum absolute atomic E-state index is 16.1. The normalized spacial score (nSPS) is 15.3. The second-order valence-corrected chi connectivity index (χ2v) is 17.3. The molecule has 2 aromatic rings. The van der Waals surface area contributed by atoms with Crippen molar-refractivity contribution in [2.75, 3.05) is 6.61 Å². The van der Waals surface area contributed by atoms with Gasteiger partial charge in [0.05, 0.1) is 6.04 Å². The molecule has 3 atom stereocenters.